The summed E-state index contributed by atoms with van der Waals surface area (Å²) in [5, 5.41) is 6.51. The van der Waals surface area contributed by atoms with Gasteiger partial charge in [-0.05, 0) is 12.5 Å². The molecule has 0 spiro atoms. The van der Waals surface area contributed by atoms with E-state index >= 15 is 0 Å². The lowest BCUT2D eigenvalue weighted by Gasteiger charge is -2.08. The average Bonchev–Trinajstić information content (AvgIpc) is 2.15. The number of thiol groups is 1. The summed E-state index contributed by atoms with van der Waals surface area (Å²) in [5.74, 6) is 1.59. The van der Waals surface area contributed by atoms with Gasteiger partial charge in [-0.3, -0.25) is 0 Å². The smallest absolute Gasteiger partial charge is 0.0591 e. The van der Waals surface area contributed by atoms with Crippen LogP contribution in [0.4, 0.5) is 0 Å². The highest BCUT2D eigenvalue weighted by Crippen LogP contribution is 1.99. The highest BCUT2D eigenvalue weighted by atomic mass is 33.1. The van der Waals surface area contributed by atoms with E-state index in [4.69, 9.17) is 4.74 Å². The molecule has 0 rings (SSSR count). The third kappa shape index (κ3) is 12.6. The second-order valence-corrected chi connectivity index (χ2v) is 4.81. The molecular weight excluding hydrogens is 216 g/mol. The summed E-state index contributed by atoms with van der Waals surface area (Å²) >= 11 is 4.01. The standard InChI is InChI=1S/C9H22N2OS2/c1-9(2)7-10-3-5-12-6-4-11-8-14-13/h9-11,13H,3-8H2,1-2H3. The van der Waals surface area contributed by atoms with Crippen molar-refractivity contribution in [2.75, 3.05) is 38.7 Å². The Morgan fingerprint density at radius 1 is 1.21 bits per heavy atom. The predicted octanol–water partition coefficient (Wildman–Crippen LogP) is 1.37. The van der Waals surface area contributed by atoms with E-state index in [-0.39, 0.29) is 0 Å². The summed E-state index contributed by atoms with van der Waals surface area (Å²) in [7, 11) is 1.49. The van der Waals surface area contributed by atoms with Gasteiger partial charge in [0.15, 0.2) is 0 Å². The fraction of sp³-hybridized carbons (Fsp3) is 1.00. The molecule has 0 atom stereocenters. The normalized spacial score (nSPS) is 11.1. The molecule has 0 aromatic carbocycles. The second kappa shape index (κ2) is 11.7. The Hall–Kier alpha value is 0.580. The summed E-state index contributed by atoms with van der Waals surface area (Å²) in [6, 6.07) is 0. The molecular formula is C9H22N2OS2. The summed E-state index contributed by atoms with van der Waals surface area (Å²) in [5.41, 5.74) is 0. The summed E-state index contributed by atoms with van der Waals surface area (Å²) in [6.07, 6.45) is 0. The van der Waals surface area contributed by atoms with Gasteiger partial charge in [0.05, 0.1) is 19.1 Å². The minimum atomic E-state index is 0.712. The van der Waals surface area contributed by atoms with Crippen molar-refractivity contribution in [3.8, 4) is 0 Å². The van der Waals surface area contributed by atoms with E-state index in [1.54, 1.807) is 0 Å². The second-order valence-electron chi connectivity index (χ2n) is 3.48. The van der Waals surface area contributed by atoms with E-state index < -0.39 is 0 Å². The van der Waals surface area contributed by atoms with Crippen LogP contribution >= 0.6 is 22.5 Å². The van der Waals surface area contributed by atoms with Gasteiger partial charge in [0.2, 0.25) is 0 Å². The SMILES string of the molecule is CC(C)CNCCOCCNCSS. The van der Waals surface area contributed by atoms with E-state index in [1.807, 2.05) is 0 Å². The zero-order chi connectivity index (χ0) is 10.6. The van der Waals surface area contributed by atoms with Crippen LogP contribution in [0.2, 0.25) is 0 Å². The quantitative estimate of drug-likeness (QED) is 0.232. The largest absolute Gasteiger partial charge is 0.379 e. The lowest BCUT2D eigenvalue weighted by atomic mass is 10.2. The molecule has 0 aliphatic carbocycles. The van der Waals surface area contributed by atoms with Crippen LogP contribution in [0.1, 0.15) is 13.8 Å². The maximum atomic E-state index is 5.40. The van der Waals surface area contributed by atoms with Gasteiger partial charge in [0.25, 0.3) is 0 Å². The maximum Gasteiger partial charge on any atom is 0.0591 e. The topological polar surface area (TPSA) is 33.3 Å². The monoisotopic (exact) mass is 238 g/mol. The third-order valence-corrected chi connectivity index (χ3v) is 2.29. The Kier molecular flexibility index (Phi) is 12.1. The van der Waals surface area contributed by atoms with Crippen molar-refractivity contribution in [2.45, 2.75) is 13.8 Å². The zero-order valence-electron chi connectivity index (χ0n) is 9.08. The predicted molar refractivity (Wildman–Crippen MR) is 68.0 cm³/mol. The molecule has 2 N–H and O–H groups in total. The lowest BCUT2D eigenvalue weighted by molar-refractivity contribution is 0.138. The molecule has 0 radical (unpaired) electrons. The summed E-state index contributed by atoms with van der Waals surface area (Å²) in [6.45, 7) is 8.88. The molecule has 86 valence electrons. The Labute approximate surface area is 96.6 Å². The van der Waals surface area contributed by atoms with E-state index in [1.165, 1.54) is 10.8 Å². The molecule has 5 heteroatoms. The summed E-state index contributed by atoms with van der Waals surface area (Å²) < 4.78 is 5.40. The molecule has 0 aromatic rings. The number of nitrogens with one attached hydrogen (secondary N) is 2. The van der Waals surface area contributed by atoms with E-state index in [0.717, 1.165) is 38.7 Å². The van der Waals surface area contributed by atoms with Crippen LogP contribution in [0.25, 0.3) is 0 Å². The van der Waals surface area contributed by atoms with Crippen LogP contribution in [-0.2, 0) is 4.74 Å². The fourth-order valence-corrected chi connectivity index (χ4v) is 1.41. The van der Waals surface area contributed by atoms with Gasteiger partial charge < -0.3 is 15.4 Å². The third-order valence-electron chi connectivity index (χ3n) is 1.57. The zero-order valence-corrected chi connectivity index (χ0v) is 10.8. The van der Waals surface area contributed by atoms with Crippen molar-refractivity contribution < 1.29 is 4.74 Å². The number of rotatable bonds is 10. The minimum Gasteiger partial charge on any atom is -0.379 e. The first-order valence-electron chi connectivity index (χ1n) is 5.03. The first kappa shape index (κ1) is 14.6. The first-order valence-corrected chi connectivity index (χ1v) is 7.06. The molecule has 0 saturated heterocycles. The van der Waals surface area contributed by atoms with Crippen LogP contribution in [0.15, 0.2) is 0 Å². The van der Waals surface area contributed by atoms with Crippen molar-refractivity contribution in [3.63, 3.8) is 0 Å². The van der Waals surface area contributed by atoms with Crippen LogP contribution in [0.3, 0.4) is 0 Å². The van der Waals surface area contributed by atoms with Gasteiger partial charge in [-0.25, -0.2) is 0 Å². The Morgan fingerprint density at radius 3 is 2.43 bits per heavy atom. The maximum absolute atomic E-state index is 5.40. The van der Waals surface area contributed by atoms with Crippen LogP contribution in [0.5, 0.6) is 0 Å². The number of hydrogen-bond acceptors (Lipinski definition) is 5. The number of ether oxygens (including phenoxy) is 1. The molecule has 0 bridgehead atoms. The highest BCUT2D eigenvalue weighted by Gasteiger charge is 1.92. The molecule has 0 aromatic heterocycles. The van der Waals surface area contributed by atoms with Gasteiger partial charge in [0, 0.05) is 13.1 Å². The Balaban J connectivity index is 2.85. The summed E-state index contributed by atoms with van der Waals surface area (Å²) in [4.78, 5) is 0. The van der Waals surface area contributed by atoms with Gasteiger partial charge >= 0.3 is 0 Å². The van der Waals surface area contributed by atoms with Crippen LogP contribution < -0.4 is 10.6 Å². The van der Waals surface area contributed by atoms with Gasteiger partial charge in [-0.15, -0.1) is 11.7 Å². The fourth-order valence-electron chi connectivity index (χ4n) is 0.899. The van der Waals surface area contributed by atoms with Crippen molar-refractivity contribution in [1.29, 1.82) is 0 Å². The van der Waals surface area contributed by atoms with Crippen molar-refractivity contribution in [2.24, 2.45) is 5.92 Å². The van der Waals surface area contributed by atoms with E-state index in [9.17, 15) is 0 Å². The van der Waals surface area contributed by atoms with Gasteiger partial charge in [0.1, 0.15) is 0 Å². The molecule has 0 heterocycles. The van der Waals surface area contributed by atoms with Gasteiger partial charge in [-0.1, -0.05) is 24.6 Å². The lowest BCUT2D eigenvalue weighted by Crippen LogP contribution is -2.25. The first-order chi connectivity index (χ1) is 6.77. The Bertz CT molecular complexity index is 115. The minimum absolute atomic E-state index is 0.712. The molecule has 0 amide bonds. The van der Waals surface area contributed by atoms with Crippen molar-refractivity contribution >= 4 is 22.5 Å². The molecule has 14 heavy (non-hydrogen) atoms. The average molecular weight is 238 g/mol. The van der Waals surface area contributed by atoms with E-state index in [0.29, 0.717) is 5.92 Å². The molecule has 0 saturated carbocycles. The molecule has 0 aliphatic rings. The van der Waals surface area contributed by atoms with Crippen molar-refractivity contribution in [1.82, 2.24) is 10.6 Å². The van der Waals surface area contributed by atoms with Crippen LogP contribution in [0, 0.1) is 5.92 Å². The van der Waals surface area contributed by atoms with Crippen molar-refractivity contribution in [3.05, 3.63) is 0 Å². The molecule has 0 aliphatic heterocycles. The Morgan fingerprint density at radius 2 is 1.86 bits per heavy atom. The molecule has 3 nitrogen and oxygen atoms in total. The highest BCUT2D eigenvalue weighted by molar-refractivity contribution is 8.68. The van der Waals surface area contributed by atoms with Crippen LogP contribution in [-0.4, -0.2) is 38.7 Å². The number of hydrogen-bond donors (Lipinski definition) is 3. The molecule has 0 unspecified atom stereocenters. The van der Waals surface area contributed by atoms with E-state index in [2.05, 4.69) is 36.1 Å². The molecule has 0 fully saturated rings. The van der Waals surface area contributed by atoms with Gasteiger partial charge in [-0.2, -0.15) is 0 Å².